The van der Waals surface area contributed by atoms with Crippen molar-refractivity contribution in [1.82, 2.24) is 25.4 Å². The van der Waals surface area contributed by atoms with Crippen LogP contribution < -0.4 is 15.0 Å². The highest BCUT2D eigenvalue weighted by atomic mass is 16.5. The fraction of sp³-hybridized carbons (Fsp3) is 0.269. The molecule has 8 nitrogen and oxygen atoms in total. The number of anilines is 1. The number of rotatable bonds is 8. The molecule has 1 amide bonds. The van der Waals surface area contributed by atoms with Gasteiger partial charge in [0.25, 0.3) is 5.91 Å². The van der Waals surface area contributed by atoms with E-state index < -0.39 is 0 Å². The molecule has 0 aliphatic rings. The maximum absolute atomic E-state index is 12.8. The van der Waals surface area contributed by atoms with Gasteiger partial charge in [-0.1, -0.05) is 18.2 Å². The van der Waals surface area contributed by atoms with Gasteiger partial charge in [-0.05, 0) is 50.0 Å². The molecular weight excluding hydrogens is 428 g/mol. The average Bonchev–Trinajstić information content (AvgIpc) is 3.26. The van der Waals surface area contributed by atoms with Gasteiger partial charge in [0.1, 0.15) is 11.4 Å². The highest BCUT2D eigenvalue weighted by molar-refractivity contribution is 6.01. The van der Waals surface area contributed by atoms with Gasteiger partial charge in [0.15, 0.2) is 5.65 Å². The number of methoxy groups -OCH3 is 1. The number of fused-ring (bicyclic) bond motifs is 1. The molecule has 2 aromatic carbocycles. The quantitative estimate of drug-likeness (QED) is 0.419. The van der Waals surface area contributed by atoms with Crippen LogP contribution in [0.4, 0.5) is 5.69 Å². The van der Waals surface area contributed by atoms with Crippen molar-refractivity contribution in [3.05, 3.63) is 60.3 Å². The molecule has 0 bridgehead atoms. The summed E-state index contributed by atoms with van der Waals surface area (Å²) < 4.78 is 5.53. The number of nitrogens with zero attached hydrogens (tertiary/aromatic N) is 4. The minimum Gasteiger partial charge on any atom is -0.496 e. The average molecular weight is 459 g/mol. The van der Waals surface area contributed by atoms with Crippen LogP contribution in [0.15, 0.2) is 54.7 Å². The zero-order chi connectivity index (χ0) is 24.2. The number of nitrogens with one attached hydrogen (secondary N) is 2. The van der Waals surface area contributed by atoms with Crippen LogP contribution in [-0.2, 0) is 0 Å². The van der Waals surface area contributed by atoms with Crippen molar-refractivity contribution in [2.75, 3.05) is 53.3 Å². The lowest BCUT2D eigenvalue weighted by Crippen LogP contribution is -2.32. The number of carbonyl (C=O) groups is 1. The predicted octanol–water partition coefficient (Wildman–Crippen LogP) is 3.66. The number of carbonyl (C=O) groups excluding carboxylic acids is 1. The summed E-state index contributed by atoms with van der Waals surface area (Å²) in [5.74, 6) is 0.666. The number of amides is 1. The van der Waals surface area contributed by atoms with Gasteiger partial charge in [-0.2, -0.15) is 5.10 Å². The van der Waals surface area contributed by atoms with Crippen molar-refractivity contribution in [2.45, 2.75) is 0 Å². The topological polar surface area (TPSA) is 86.4 Å². The van der Waals surface area contributed by atoms with Crippen molar-refractivity contribution >= 4 is 22.6 Å². The molecule has 0 atom stereocenters. The second-order valence-corrected chi connectivity index (χ2v) is 8.58. The molecule has 176 valence electrons. The summed E-state index contributed by atoms with van der Waals surface area (Å²) in [5.41, 5.74) is 5.77. The molecule has 2 aromatic heterocycles. The number of para-hydroxylation sites is 1. The Morgan fingerprint density at radius 3 is 2.59 bits per heavy atom. The van der Waals surface area contributed by atoms with E-state index in [0.717, 1.165) is 45.8 Å². The van der Waals surface area contributed by atoms with Crippen molar-refractivity contribution in [2.24, 2.45) is 0 Å². The molecule has 4 rings (SSSR count). The van der Waals surface area contributed by atoms with E-state index in [1.165, 1.54) is 0 Å². The Hall–Kier alpha value is -3.91. The molecule has 0 aliphatic heterocycles. The fourth-order valence-corrected chi connectivity index (χ4v) is 3.87. The van der Waals surface area contributed by atoms with E-state index in [0.29, 0.717) is 17.8 Å². The molecule has 0 radical (unpaired) electrons. The maximum atomic E-state index is 12.8. The van der Waals surface area contributed by atoms with Crippen LogP contribution in [0.1, 0.15) is 10.4 Å². The van der Waals surface area contributed by atoms with E-state index in [9.17, 15) is 4.79 Å². The van der Waals surface area contributed by atoms with Gasteiger partial charge in [0.05, 0.1) is 12.7 Å². The lowest BCUT2D eigenvalue weighted by molar-refractivity contribution is 0.0951. The summed E-state index contributed by atoms with van der Waals surface area (Å²) in [6, 6.07) is 15.7. The Labute approximate surface area is 199 Å². The second kappa shape index (κ2) is 9.93. The summed E-state index contributed by atoms with van der Waals surface area (Å²) in [7, 11) is 9.49. The van der Waals surface area contributed by atoms with Gasteiger partial charge in [-0.15, -0.1) is 0 Å². The van der Waals surface area contributed by atoms with E-state index in [-0.39, 0.29) is 5.91 Å². The lowest BCUT2D eigenvalue weighted by Gasteiger charge is -2.19. The van der Waals surface area contributed by atoms with Crippen LogP contribution in [-0.4, -0.2) is 74.4 Å². The Morgan fingerprint density at radius 1 is 1.06 bits per heavy atom. The van der Waals surface area contributed by atoms with Gasteiger partial charge < -0.3 is 19.9 Å². The van der Waals surface area contributed by atoms with Crippen molar-refractivity contribution in [3.8, 4) is 28.1 Å². The molecule has 0 saturated heterocycles. The Balaban J connectivity index is 1.71. The maximum Gasteiger partial charge on any atom is 0.253 e. The fourth-order valence-electron chi connectivity index (χ4n) is 3.87. The Bertz CT molecular complexity index is 1310. The molecular formula is C26H30N6O2. The zero-order valence-corrected chi connectivity index (χ0v) is 20.2. The second-order valence-electron chi connectivity index (χ2n) is 8.58. The number of ether oxygens (including phenoxy) is 1. The minimum absolute atomic E-state index is 0.0843. The first-order valence-electron chi connectivity index (χ1n) is 11.1. The van der Waals surface area contributed by atoms with Crippen molar-refractivity contribution in [3.63, 3.8) is 0 Å². The number of hydrogen-bond acceptors (Lipinski definition) is 6. The van der Waals surface area contributed by atoms with E-state index in [2.05, 4.69) is 26.6 Å². The summed E-state index contributed by atoms with van der Waals surface area (Å²) in [4.78, 5) is 21.4. The number of aromatic nitrogens is 3. The third-order valence-electron chi connectivity index (χ3n) is 5.68. The first kappa shape index (κ1) is 23.3. The number of H-pyrrole nitrogens is 1. The zero-order valence-electron chi connectivity index (χ0n) is 20.2. The molecule has 0 unspecified atom stereocenters. The van der Waals surface area contributed by atoms with E-state index >= 15 is 0 Å². The third kappa shape index (κ3) is 4.72. The monoisotopic (exact) mass is 458 g/mol. The smallest absolute Gasteiger partial charge is 0.253 e. The number of hydrogen-bond donors (Lipinski definition) is 2. The van der Waals surface area contributed by atoms with Gasteiger partial charge in [-0.25, -0.2) is 4.98 Å². The molecule has 8 heteroatoms. The van der Waals surface area contributed by atoms with Crippen molar-refractivity contribution < 1.29 is 9.53 Å². The molecule has 0 saturated carbocycles. The lowest BCUT2D eigenvalue weighted by atomic mass is 10.0. The van der Waals surface area contributed by atoms with Crippen LogP contribution in [0.2, 0.25) is 0 Å². The standard InChI is InChI=1S/C26H30N6O2/c1-31(2)13-12-27-26(33)19-11-10-17(15-22(19)32(3)4)18-14-21-24(29-30-25(21)28-16-18)20-8-6-7-9-23(20)34-5/h6-11,14-16H,12-13H2,1-5H3,(H,27,33)(H,28,29,30). The number of benzene rings is 2. The molecule has 0 fully saturated rings. The predicted molar refractivity (Wildman–Crippen MR) is 137 cm³/mol. The highest BCUT2D eigenvalue weighted by Crippen LogP contribution is 2.35. The molecule has 4 aromatic rings. The molecule has 0 spiro atoms. The summed E-state index contributed by atoms with van der Waals surface area (Å²) in [5, 5.41) is 11.4. The molecule has 2 N–H and O–H groups in total. The van der Waals surface area contributed by atoms with Gasteiger partial charge >= 0.3 is 0 Å². The van der Waals surface area contributed by atoms with Crippen LogP contribution >= 0.6 is 0 Å². The van der Waals surface area contributed by atoms with Gasteiger partial charge in [0.2, 0.25) is 0 Å². The summed E-state index contributed by atoms with van der Waals surface area (Å²) in [6.07, 6.45) is 1.82. The first-order valence-corrected chi connectivity index (χ1v) is 11.1. The largest absolute Gasteiger partial charge is 0.496 e. The van der Waals surface area contributed by atoms with Crippen LogP contribution in [0.3, 0.4) is 0 Å². The Kier molecular flexibility index (Phi) is 6.79. The normalized spacial score (nSPS) is 11.1. The van der Waals surface area contributed by atoms with Crippen LogP contribution in [0.25, 0.3) is 33.4 Å². The first-order chi connectivity index (χ1) is 16.4. The van der Waals surface area contributed by atoms with Crippen LogP contribution in [0.5, 0.6) is 5.75 Å². The minimum atomic E-state index is -0.0843. The van der Waals surface area contributed by atoms with E-state index in [1.54, 1.807) is 7.11 Å². The molecule has 34 heavy (non-hydrogen) atoms. The van der Waals surface area contributed by atoms with Gasteiger partial charge in [-0.3, -0.25) is 9.89 Å². The van der Waals surface area contributed by atoms with E-state index in [1.807, 2.05) is 86.7 Å². The highest BCUT2D eigenvalue weighted by Gasteiger charge is 2.17. The summed E-state index contributed by atoms with van der Waals surface area (Å²) in [6.45, 7) is 1.37. The Morgan fingerprint density at radius 2 is 1.85 bits per heavy atom. The number of pyridine rings is 1. The van der Waals surface area contributed by atoms with Crippen molar-refractivity contribution in [1.29, 1.82) is 0 Å². The van der Waals surface area contributed by atoms with E-state index in [4.69, 9.17) is 4.74 Å². The third-order valence-corrected chi connectivity index (χ3v) is 5.68. The summed E-state index contributed by atoms with van der Waals surface area (Å²) >= 11 is 0. The number of likely N-dealkylation sites (N-methyl/N-ethyl adjacent to an activating group) is 1. The SMILES string of the molecule is COc1ccccc1-c1n[nH]c2ncc(-c3ccc(C(=O)NCCN(C)C)c(N(C)C)c3)cc12. The number of aromatic amines is 1. The van der Waals surface area contributed by atoms with Gasteiger partial charge in [0, 0.05) is 55.6 Å². The molecule has 2 heterocycles. The molecule has 0 aliphatic carbocycles. The van der Waals surface area contributed by atoms with Crippen LogP contribution in [0, 0.1) is 0 Å².